The highest BCUT2D eigenvalue weighted by Gasteiger charge is 2.31. The normalized spacial score (nSPS) is 11.7. The van der Waals surface area contributed by atoms with Gasteiger partial charge in [-0.15, -0.1) is 5.10 Å². The number of H-pyrrole nitrogens is 1. The zero-order valence-electron chi connectivity index (χ0n) is 9.48. The van der Waals surface area contributed by atoms with Crippen molar-refractivity contribution in [2.75, 3.05) is 0 Å². The van der Waals surface area contributed by atoms with Gasteiger partial charge >= 0.3 is 11.7 Å². The number of nitrogens with one attached hydrogen (secondary N) is 1. The van der Waals surface area contributed by atoms with Gasteiger partial charge in [0, 0.05) is 6.54 Å². The molecule has 0 atom stereocenters. The highest BCUT2D eigenvalue weighted by molar-refractivity contribution is 8.01. The molecule has 0 aliphatic rings. The van der Waals surface area contributed by atoms with Crippen LogP contribution in [-0.4, -0.2) is 30.6 Å². The number of aromatic nitrogens is 3. The summed E-state index contributed by atoms with van der Waals surface area (Å²) in [7, 11) is 0. The summed E-state index contributed by atoms with van der Waals surface area (Å²) in [5, 5.41) is 15.6. The van der Waals surface area contributed by atoms with Crippen LogP contribution in [0.15, 0.2) is 9.95 Å². The Morgan fingerprint density at radius 2 is 2.25 bits per heavy atom. The second-order valence-electron chi connectivity index (χ2n) is 3.88. The molecule has 0 fully saturated rings. The van der Waals surface area contributed by atoms with Gasteiger partial charge in [0.2, 0.25) is 0 Å². The third-order valence-electron chi connectivity index (χ3n) is 2.03. The Hall–Kier alpha value is -1.24. The average molecular weight is 245 g/mol. The van der Waals surface area contributed by atoms with Crippen LogP contribution in [0.5, 0.6) is 0 Å². The van der Waals surface area contributed by atoms with E-state index < -0.39 is 10.7 Å². The van der Waals surface area contributed by atoms with E-state index >= 15 is 0 Å². The number of rotatable bonds is 5. The third-order valence-corrected chi connectivity index (χ3v) is 3.21. The molecular weight excluding hydrogens is 230 g/mol. The van der Waals surface area contributed by atoms with E-state index in [2.05, 4.69) is 10.2 Å². The summed E-state index contributed by atoms with van der Waals surface area (Å²) in [4.78, 5) is 22.3. The van der Waals surface area contributed by atoms with Crippen molar-refractivity contribution in [2.24, 2.45) is 0 Å². The van der Waals surface area contributed by atoms with E-state index in [1.54, 1.807) is 13.8 Å². The maximum absolute atomic E-state index is 11.4. The highest BCUT2D eigenvalue weighted by atomic mass is 32.2. The zero-order valence-corrected chi connectivity index (χ0v) is 10.3. The van der Waals surface area contributed by atoms with E-state index in [0.717, 1.165) is 18.2 Å². The first kappa shape index (κ1) is 12.8. The summed E-state index contributed by atoms with van der Waals surface area (Å²) in [5.41, 5.74) is -0.300. The van der Waals surface area contributed by atoms with Gasteiger partial charge in [0.15, 0.2) is 5.16 Å². The molecule has 0 aliphatic heterocycles. The minimum atomic E-state index is -1.00. The molecule has 0 spiro atoms. The lowest BCUT2D eigenvalue weighted by atomic mass is 10.2. The van der Waals surface area contributed by atoms with Crippen molar-refractivity contribution in [3.63, 3.8) is 0 Å². The molecule has 1 aromatic heterocycles. The quantitative estimate of drug-likeness (QED) is 0.754. The van der Waals surface area contributed by atoms with E-state index in [-0.39, 0.29) is 5.69 Å². The van der Waals surface area contributed by atoms with Gasteiger partial charge < -0.3 is 5.11 Å². The van der Waals surface area contributed by atoms with Crippen LogP contribution in [0.2, 0.25) is 0 Å². The van der Waals surface area contributed by atoms with Crippen LogP contribution in [-0.2, 0) is 11.3 Å². The minimum Gasteiger partial charge on any atom is -0.480 e. The van der Waals surface area contributed by atoms with Crippen molar-refractivity contribution < 1.29 is 9.90 Å². The molecule has 0 saturated heterocycles. The predicted octanol–water partition coefficient (Wildman–Crippen LogP) is 0.937. The summed E-state index contributed by atoms with van der Waals surface area (Å²) in [5.74, 6) is -0.934. The molecule has 2 N–H and O–H groups in total. The largest absolute Gasteiger partial charge is 0.480 e. The third kappa shape index (κ3) is 2.66. The van der Waals surface area contributed by atoms with Gasteiger partial charge in [-0.05, 0) is 20.3 Å². The molecule has 0 aromatic carbocycles. The van der Waals surface area contributed by atoms with E-state index in [0.29, 0.717) is 11.7 Å². The van der Waals surface area contributed by atoms with E-state index in [1.807, 2.05) is 6.92 Å². The van der Waals surface area contributed by atoms with Crippen molar-refractivity contribution in [3.8, 4) is 0 Å². The molecule has 0 radical (unpaired) electrons. The standard InChI is InChI=1S/C9H15N3O3S/c1-4-5-12-7(15)10-11-8(12)16-9(2,3)6(13)14/h4-5H2,1-3H3,(H,10,15)(H,13,14). The van der Waals surface area contributed by atoms with Gasteiger partial charge in [-0.3, -0.25) is 9.36 Å². The molecule has 0 unspecified atom stereocenters. The maximum Gasteiger partial charge on any atom is 0.343 e. The molecule has 0 amide bonds. The van der Waals surface area contributed by atoms with E-state index in [9.17, 15) is 9.59 Å². The summed E-state index contributed by atoms with van der Waals surface area (Å²) in [6.07, 6.45) is 0.792. The fraction of sp³-hybridized carbons (Fsp3) is 0.667. The molecule has 0 bridgehead atoms. The molecule has 90 valence electrons. The minimum absolute atomic E-state index is 0.300. The Morgan fingerprint density at radius 1 is 1.62 bits per heavy atom. The van der Waals surface area contributed by atoms with Crippen molar-refractivity contribution in [1.29, 1.82) is 0 Å². The van der Waals surface area contributed by atoms with Crippen molar-refractivity contribution in [1.82, 2.24) is 14.8 Å². The van der Waals surface area contributed by atoms with Gasteiger partial charge in [0.05, 0.1) is 0 Å². The highest BCUT2D eigenvalue weighted by Crippen LogP contribution is 2.30. The topological polar surface area (TPSA) is 88.0 Å². The van der Waals surface area contributed by atoms with Gasteiger partial charge in [0.25, 0.3) is 0 Å². The molecule has 7 heteroatoms. The van der Waals surface area contributed by atoms with Gasteiger partial charge in [-0.2, -0.15) is 0 Å². The molecule has 6 nitrogen and oxygen atoms in total. The van der Waals surface area contributed by atoms with E-state index in [1.165, 1.54) is 4.57 Å². The number of aromatic amines is 1. The lowest BCUT2D eigenvalue weighted by Crippen LogP contribution is -2.28. The van der Waals surface area contributed by atoms with Crippen LogP contribution < -0.4 is 5.69 Å². The summed E-state index contributed by atoms with van der Waals surface area (Å²) < 4.78 is 0.451. The number of carboxylic acids is 1. The number of thioether (sulfide) groups is 1. The first-order valence-electron chi connectivity index (χ1n) is 4.96. The van der Waals surface area contributed by atoms with Gasteiger partial charge in [-0.1, -0.05) is 18.7 Å². The summed E-state index contributed by atoms with van der Waals surface area (Å²) in [6.45, 7) is 5.63. The van der Waals surface area contributed by atoms with Crippen LogP contribution in [0.3, 0.4) is 0 Å². The molecule has 1 rings (SSSR count). The second-order valence-corrected chi connectivity index (χ2v) is 5.47. The van der Waals surface area contributed by atoms with Crippen molar-refractivity contribution in [3.05, 3.63) is 10.5 Å². The fourth-order valence-electron chi connectivity index (χ4n) is 1.07. The van der Waals surface area contributed by atoms with Crippen LogP contribution in [0.25, 0.3) is 0 Å². The van der Waals surface area contributed by atoms with Crippen LogP contribution in [0.1, 0.15) is 27.2 Å². The smallest absolute Gasteiger partial charge is 0.343 e. The Labute approximate surface area is 97.1 Å². The first-order chi connectivity index (χ1) is 7.38. The van der Waals surface area contributed by atoms with E-state index in [4.69, 9.17) is 5.11 Å². The first-order valence-corrected chi connectivity index (χ1v) is 5.77. The predicted molar refractivity (Wildman–Crippen MR) is 60.7 cm³/mol. The summed E-state index contributed by atoms with van der Waals surface area (Å²) in [6, 6.07) is 0. The van der Waals surface area contributed by atoms with Crippen LogP contribution in [0, 0.1) is 0 Å². The number of hydrogen-bond donors (Lipinski definition) is 2. The molecule has 0 aliphatic carbocycles. The van der Waals surface area contributed by atoms with Crippen molar-refractivity contribution in [2.45, 2.75) is 43.6 Å². The van der Waals surface area contributed by atoms with Crippen molar-refractivity contribution >= 4 is 17.7 Å². The summed E-state index contributed by atoms with van der Waals surface area (Å²) >= 11 is 1.06. The molecule has 0 saturated carbocycles. The van der Waals surface area contributed by atoms with Crippen LogP contribution >= 0.6 is 11.8 Å². The molecule has 16 heavy (non-hydrogen) atoms. The zero-order chi connectivity index (χ0) is 12.3. The fourth-order valence-corrected chi connectivity index (χ4v) is 1.99. The molecule has 1 aromatic rings. The molecule has 1 heterocycles. The van der Waals surface area contributed by atoms with Crippen LogP contribution in [0.4, 0.5) is 0 Å². The number of nitrogens with zero attached hydrogens (tertiary/aromatic N) is 2. The average Bonchev–Trinajstić information content (AvgIpc) is 2.49. The Kier molecular flexibility index (Phi) is 3.79. The van der Waals surface area contributed by atoms with Gasteiger partial charge in [0.1, 0.15) is 4.75 Å². The number of carboxylic acid groups (broad SMARTS) is 1. The number of hydrogen-bond acceptors (Lipinski definition) is 4. The maximum atomic E-state index is 11.4. The Balaban J connectivity index is 2.97. The molecular formula is C9H15N3O3S. The number of carbonyl (C=O) groups is 1. The Bertz CT molecular complexity index is 435. The SMILES string of the molecule is CCCn1c(SC(C)(C)C(=O)O)n[nH]c1=O. The number of aliphatic carboxylic acids is 1. The monoisotopic (exact) mass is 245 g/mol. The Morgan fingerprint density at radius 3 is 2.75 bits per heavy atom. The van der Waals surface area contributed by atoms with Gasteiger partial charge in [-0.25, -0.2) is 9.89 Å². The lowest BCUT2D eigenvalue weighted by Gasteiger charge is -2.17. The lowest BCUT2D eigenvalue weighted by molar-refractivity contribution is -0.138. The second kappa shape index (κ2) is 4.73.